The lowest BCUT2D eigenvalue weighted by Gasteiger charge is -2.23. The van der Waals surface area contributed by atoms with Crippen LogP contribution in [0.1, 0.15) is 45.7 Å². The molecule has 2 aromatic rings. The van der Waals surface area contributed by atoms with Crippen molar-refractivity contribution in [2.24, 2.45) is 0 Å². The number of fused-ring (bicyclic) bond motifs is 1. The second-order valence-electron chi connectivity index (χ2n) is 8.17. The molecule has 0 aliphatic carbocycles. The Balaban J connectivity index is 1.79. The molecule has 7 nitrogen and oxygen atoms in total. The number of nitrogens with zero attached hydrogens (tertiary/aromatic N) is 3. The molecule has 166 valence electrons. The summed E-state index contributed by atoms with van der Waals surface area (Å²) in [4.78, 5) is 28.4. The number of carbonyl (C=O) groups is 2. The van der Waals surface area contributed by atoms with E-state index in [1.54, 1.807) is 49.3 Å². The fourth-order valence-electron chi connectivity index (χ4n) is 3.98. The van der Waals surface area contributed by atoms with E-state index in [2.05, 4.69) is 0 Å². The van der Waals surface area contributed by atoms with Crippen LogP contribution >= 0.6 is 0 Å². The third-order valence-corrected chi connectivity index (χ3v) is 6.76. The van der Waals surface area contributed by atoms with Crippen LogP contribution in [0.15, 0.2) is 42.5 Å². The minimum atomic E-state index is -3.36. The molecule has 1 unspecified atom stereocenters. The number of anilines is 1. The van der Waals surface area contributed by atoms with Crippen LogP contribution in [-0.4, -0.2) is 63.0 Å². The minimum Gasteiger partial charge on any atom is -0.345 e. The van der Waals surface area contributed by atoms with Gasteiger partial charge in [0.1, 0.15) is 0 Å². The van der Waals surface area contributed by atoms with Crippen LogP contribution in [0.3, 0.4) is 0 Å². The number of sulfonamides is 1. The summed E-state index contributed by atoms with van der Waals surface area (Å²) in [5.74, 6) is -0.172. The molecule has 2 amide bonds. The number of amides is 2. The molecule has 1 aliphatic heterocycles. The smallest absolute Gasteiger partial charge is 0.254 e. The van der Waals surface area contributed by atoms with Gasteiger partial charge in [0.25, 0.3) is 11.8 Å². The van der Waals surface area contributed by atoms with Crippen LogP contribution in [0.5, 0.6) is 0 Å². The predicted molar refractivity (Wildman–Crippen MR) is 122 cm³/mol. The van der Waals surface area contributed by atoms with E-state index in [9.17, 15) is 18.0 Å². The molecular weight excluding hydrogens is 414 g/mol. The summed E-state index contributed by atoms with van der Waals surface area (Å²) in [6.45, 7) is 4.74. The molecule has 8 heteroatoms. The van der Waals surface area contributed by atoms with Gasteiger partial charge < -0.3 is 9.80 Å². The number of hydrogen-bond acceptors (Lipinski definition) is 4. The summed E-state index contributed by atoms with van der Waals surface area (Å²) in [6.07, 6.45) is 1.78. The van der Waals surface area contributed by atoms with Crippen molar-refractivity contribution in [3.05, 3.63) is 64.7 Å². The van der Waals surface area contributed by atoms with Gasteiger partial charge in [0.15, 0.2) is 0 Å². The highest BCUT2D eigenvalue weighted by molar-refractivity contribution is 7.92. The third kappa shape index (κ3) is 4.74. The summed E-state index contributed by atoms with van der Waals surface area (Å²) in [7, 11) is 0.0530. The zero-order valence-electron chi connectivity index (χ0n) is 18.6. The molecule has 1 aliphatic rings. The van der Waals surface area contributed by atoms with E-state index < -0.39 is 10.0 Å². The molecule has 1 heterocycles. The lowest BCUT2D eigenvalue weighted by Crippen LogP contribution is -2.34. The number of rotatable bonds is 6. The van der Waals surface area contributed by atoms with Gasteiger partial charge in [0.2, 0.25) is 10.0 Å². The lowest BCUT2D eigenvalue weighted by molar-refractivity contribution is 0.0751. The summed E-state index contributed by atoms with van der Waals surface area (Å²) in [5, 5.41) is 0. The Labute approximate surface area is 184 Å². The Morgan fingerprint density at radius 2 is 1.65 bits per heavy atom. The average molecular weight is 444 g/mol. The molecule has 0 fully saturated rings. The molecule has 3 rings (SSSR count). The molecule has 0 saturated carbocycles. The predicted octanol–water partition coefficient (Wildman–Crippen LogP) is 2.76. The summed E-state index contributed by atoms with van der Waals surface area (Å²) < 4.78 is 25.6. The highest BCUT2D eigenvalue weighted by atomic mass is 32.2. The Bertz CT molecular complexity index is 1090. The Morgan fingerprint density at radius 3 is 2.19 bits per heavy atom. The average Bonchev–Trinajstić information content (AvgIpc) is 3.06. The Morgan fingerprint density at radius 1 is 1.03 bits per heavy atom. The molecule has 31 heavy (non-hydrogen) atoms. The fraction of sp³-hybridized carbons (Fsp3) is 0.391. The van der Waals surface area contributed by atoms with Crippen molar-refractivity contribution in [1.29, 1.82) is 0 Å². The van der Waals surface area contributed by atoms with Gasteiger partial charge in [-0.15, -0.1) is 0 Å². The first-order chi connectivity index (χ1) is 14.5. The van der Waals surface area contributed by atoms with Crippen molar-refractivity contribution in [2.45, 2.75) is 32.9 Å². The zero-order chi connectivity index (χ0) is 22.9. The Hall–Kier alpha value is -2.87. The van der Waals surface area contributed by atoms with Crippen molar-refractivity contribution < 1.29 is 18.0 Å². The molecule has 1 atom stereocenters. The number of hydrogen-bond donors (Lipinski definition) is 0. The fourth-order valence-corrected chi connectivity index (χ4v) is 5.25. The molecule has 0 N–H and O–H groups in total. The maximum absolute atomic E-state index is 13.1. The van der Waals surface area contributed by atoms with Gasteiger partial charge in [0, 0.05) is 44.4 Å². The third-order valence-electron chi connectivity index (χ3n) is 5.49. The number of benzene rings is 2. The first-order valence-electron chi connectivity index (χ1n) is 10.2. The van der Waals surface area contributed by atoms with Crippen LogP contribution in [0.4, 0.5) is 5.69 Å². The highest BCUT2D eigenvalue weighted by Gasteiger charge is 2.33. The monoisotopic (exact) mass is 443 g/mol. The van der Waals surface area contributed by atoms with E-state index in [-0.39, 0.29) is 17.9 Å². The first kappa shape index (κ1) is 22.8. The molecule has 0 saturated heterocycles. The maximum atomic E-state index is 13.1. The van der Waals surface area contributed by atoms with Crippen molar-refractivity contribution in [2.75, 3.05) is 31.2 Å². The van der Waals surface area contributed by atoms with Crippen molar-refractivity contribution in [3.8, 4) is 0 Å². The van der Waals surface area contributed by atoms with Crippen LogP contribution in [-0.2, 0) is 23.0 Å². The van der Waals surface area contributed by atoms with E-state index in [0.717, 1.165) is 11.1 Å². The summed E-state index contributed by atoms with van der Waals surface area (Å²) in [6, 6.07) is 12.3. The van der Waals surface area contributed by atoms with E-state index in [1.165, 1.54) is 15.5 Å². The van der Waals surface area contributed by atoms with Crippen molar-refractivity contribution in [1.82, 2.24) is 9.80 Å². The second kappa shape index (κ2) is 8.70. The van der Waals surface area contributed by atoms with Gasteiger partial charge in [-0.2, -0.15) is 0 Å². The van der Waals surface area contributed by atoms with Gasteiger partial charge in [-0.1, -0.05) is 12.1 Å². The van der Waals surface area contributed by atoms with Gasteiger partial charge in [0.05, 0.1) is 11.9 Å². The van der Waals surface area contributed by atoms with Gasteiger partial charge >= 0.3 is 0 Å². The largest absolute Gasteiger partial charge is 0.345 e. The van der Waals surface area contributed by atoms with Crippen LogP contribution in [0, 0.1) is 0 Å². The van der Waals surface area contributed by atoms with E-state index in [0.29, 0.717) is 36.3 Å². The Kier molecular flexibility index (Phi) is 6.40. The summed E-state index contributed by atoms with van der Waals surface area (Å²) >= 11 is 0. The molecule has 0 bridgehead atoms. The van der Waals surface area contributed by atoms with Gasteiger partial charge in [-0.3, -0.25) is 13.9 Å². The lowest BCUT2D eigenvalue weighted by atomic mass is 10.1. The quantitative estimate of drug-likeness (QED) is 0.688. The zero-order valence-corrected chi connectivity index (χ0v) is 19.4. The van der Waals surface area contributed by atoms with Crippen molar-refractivity contribution >= 4 is 27.5 Å². The van der Waals surface area contributed by atoms with E-state index in [1.807, 2.05) is 26.0 Å². The van der Waals surface area contributed by atoms with E-state index in [4.69, 9.17) is 0 Å². The first-order valence-corrected chi connectivity index (χ1v) is 12.1. The van der Waals surface area contributed by atoms with Gasteiger partial charge in [-0.25, -0.2) is 8.42 Å². The topological polar surface area (TPSA) is 78.0 Å². The molecule has 0 aromatic heterocycles. The molecule has 2 aromatic carbocycles. The van der Waals surface area contributed by atoms with Gasteiger partial charge in [-0.05, 0) is 61.7 Å². The normalized spacial score (nSPS) is 15.5. The SMILES string of the molecule is CCN(Cc1ccc(C(=O)N(C)C)cc1)C(=O)c1ccc2c(c1)CC(C)N2S(C)(=O)=O. The molecule has 0 radical (unpaired) electrons. The molecule has 0 spiro atoms. The highest BCUT2D eigenvalue weighted by Crippen LogP contribution is 2.35. The van der Waals surface area contributed by atoms with E-state index >= 15 is 0 Å². The standard InChI is InChI=1S/C23H29N3O4S/c1-6-25(15-17-7-9-18(10-8-17)22(27)24(3)4)23(28)19-11-12-21-20(14-19)13-16(2)26(21)31(5,29)30/h7-12,14,16H,6,13,15H2,1-5H3. The molecular formula is C23H29N3O4S. The number of carbonyl (C=O) groups excluding carboxylic acids is 2. The summed E-state index contributed by atoms with van der Waals surface area (Å²) in [5.41, 5.74) is 3.60. The van der Waals surface area contributed by atoms with Crippen LogP contribution in [0.2, 0.25) is 0 Å². The minimum absolute atomic E-state index is 0.0644. The van der Waals surface area contributed by atoms with Crippen LogP contribution in [0.25, 0.3) is 0 Å². The maximum Gasteiger partial charge on any atom is 0.254 e. The second-order valence-corrected chi connectivity index (χ2v) is 10.0. The van der Waals surface area contributed by atoms with Crippen molar-refractivity contribution in [3.63, 3.8) is 0 Å². The van der Waals surface area contributed by atoms with Crippen LogP contribution < -0.4 is 4.31 Å².